The van der Waals surface area contributed by atoms with Crippen molar-refractivity contribution >= 4 is 46.0 Å². The van der Waals surface area contributed by atoms with Crippen molar-refractivity contribution < 1.29 is 0 Å². The topological polar surface area (TPSA) is 79.1 Å². The van der Waals surface area contributed by atoms with Gasteiger partial charge in [0.1, 0.15) is 12.0 Å². The van der Waals surface area contributed by atoms with Crippen LogP contribution in [0.4, 0.5) is 34.4 Å². The van der Waals surface area contributed by atoms with Crippen molar-refractivity contribution in [2.45, 2.75) is 6.92 Å². The zero-order valence-electron chi connectivity index (χ0n) is 16.4. The number of para-hydroxylation sites is 2. The number of benzene rings is 3. The average Bonchev–Trinajstić information content (AvgIpc) is 2.77. The summed E-state index contributed by atoms with van der Waals surface area (Å²) in [4.78, 5) is 8.67. The third-order valence-corrected chi connectivity index (χ3v) is 4.81. The summed E-state index contributed by atoms with van der Waals surface area (Å²) in [5.74, 6) is 1.01. The summed E-state index contributed by atoms with van der Waals surface area (Å²) in [6.07, 6.45) is 1.47. The van der Waals surface area contributed by atoms with Gasteiger partial charge in [-0.25, -0.2) is 9.97 Å². The maximum absolute atomic E-state index is 6.41. The van der Waals surface area contributed by atoms with Gasteiger partial charge in [0.2, 0.25) is 0 Å². The predicted octanol–water partition coefficient (Wildman–Crippen LogP) is 5.93. The van der Waals surface area contributed by atoms with Crippen molar-refractivity contribution in [2.75, 3.05) is 21.5 Å². The Morgan fingerprint density at radius 3 is 2.03 bits per heavy atom. The minimum absolute atomic E-state index is 0.406. The molecule has 4 N–H and O–H groups in total. The minimum atomic E-state index is 0.406. The van der Waals surface area contributed by atoms with E-state index in [2.05, 4.69) is 20.7 Å². The molecule has 0 unspecified atom stereocenters. The van der Waals surface area contributed by atoms with Crippen LogP contribution in [-0.2, 0) is 0 Å². The van der Waals surface area contributed by atoms with Crippen LogP contribution in [0, 0.1) is 6.92 Å². The molecule has 4 aromatic rings. The highest BCUT2D eigenvalue weighted by molar-refractivity contribution is 6.30. The van der Waals surface area contributed by atoms with E-state index in [1.807, 2.05) is 90.8 Å². The van der Waals surface area contributed by atoms with Crippen LogP contribution < -0.4 is 21.5 Å². The second-order valence-electron chi connectivity index (χ2n) is 6.69. The van der Waals surface area contributed by atoms with E-state index in [1.54, 1.807) is 0 Å². The second-order valence-corrected chi connectivity index (χ2v) is 7.12. The number of anilines is 6. The lowest BCUT2D eigenvalue weighted by molar-refractivity contribution is 1.09. The van der Waals surface area contributed by atoms with Crippen molar-refractivity contribution in [3.8, 4) is 0 Å². The van der Waals surface area contributed by atoms with Gasteiger partial charge < -0.3 is 11.1 Å². The summed E-state index contributed by atoms with van der Waals surface area (Å²) in [6.45, 7) is 1.97. The molecule has 0 fully saturated rings. The van der Waals surface area contributed by atoms with Crippen LogP contribution >= 0.6 is 11.6 Å². The first-order valence-corrected chi connectivity index (χ1v) is 9.80. The zero-order chi connectivity index (χ0) is 20.9. The van der Waals surface area contributed by atoms with Gasteiger partial charge in [0.25, 0.3) is 0 Å². The molecule has 30 heavy (non-hydrogen) atoms. The molecule has 0 aliphatic carbocycles. The first kappa shape index (κ1) is 19.5. The van der Waals surface area contributed by atoms with Gasteiger partial charge in [-0.1, -0.05) is 48.0 Å². The molecule has 150 valence electrons. The standard InChI is InChI=1S/C23H21ClN6/c1-16-14-17(24)12-13-20(16)28-22-21(25)23(27-15-26-22)29-30(18-8-4-2-5-9-18)19-10-6-3-7-11-19/h2-15H,25H2,1H3,(H2,26,27,28,29). The van der Waals surface area contributed by atoms with Crippen molar-refractivity contribution in [3.05, 3.63) is 95.8 Å². The van der Waals surface area contributed by atoms with Crippen molar-refractivity contribution in [3.63, 3.8) is 0 Å². The molecular formula is C23H21ClN6. The van der Waals surface area contributed by atoms with E-state index >= 15 is 0 Å². The van der Waals surface area contributed by atoms with Gasteiger partial charge in [-0.3, -0.25) is 10.4 Å². The Bertz CT molecular complexity index is 1100. The number of nitrogens with two attached hydrogens (primary N) is 1. The van der Waals surface area contributed by atoms with E-state index in [1.165, 1.54) is 6.33 Å². The molecule has 3 aromatic carbocycles. The number of halogens is 1. The lowest BCUT2D eigenvalue weighted by atomic mass is 10.2. The second kappa shape index (κ2) is 8.71. The van der Waals surface area contributed by atoms with Crippen LogP contribution in [0.5, 0.6) is 0 Å². The van der Waals surface area contributed by atoms with Crippen LogP contribution in [-0.4, -0.2) is 9.97 Å². The molecule has 0 aliphatic heterocycles. The molecule has 0 radical (unpaired) electrons. The van der Waals surface area contributed by atoms with E-state index in [-0.39, 0.29) is 0 Å². The highest BCUT2D eigenvalue weighted by Gasteiger charge is 2.15. The number of nitrogen functional groups attached to an aromatic ring is 1. The van der Waals surface area contributed by atoms with Crippen LogP contribution in [0.2, 0.25) is 5.02 Å². The maximum Gasteiger partial charge on any atom is 0.173 e. The van der Waals surface area contributed by atoms with Gasteiger partial charge in [0.05, 0.1) is 11.4 Å². The Morgan fingerprint density at radius 2 is 1.43 bits per heavy atom. The van der Waals surface area contributed by atoms with Crippen molar-refractivity contribution in [2.24, 2.45) is 0 Å². The molecule has 0 amide bonds. The number of hydrogen-bond acceptors (Lipinski definition) is 6. The third-order valence-electron chi connectivity index (χ3n) is 4.57. The molecule has 4 rings (SSSR count). The normalized spacial score (nSPS) is 10.5. The Labute approximate surface area is 180 Å². The Morgan fingerprint density at radius 1 is 0.833 bits per heavy atom. The van der Waals surface area contributed by atoms with Gasteiger partial charge in [-0.2, -0.15) is 0 Å². The fourth-order valence-corrected chi connectivity index (χ4v) is 3.24. The molecule has 0 atom stereocenters. The number of rotatable bonds is 6. The largest absolute Gasteiger partial charge is 0.393 e. The fourth-order valence-electron chi connectivity index (χ4n) is 3.02. The Hall–Kier alpha value is -3.77. The van der Waals surface area contributed by atoms with Crippen molar-refractivity contribution in [1.82, 2.24) is 9.97 Å². The predicted molar refractivity (Wildman–Crippen MR) is 125 cm³/mol. The minimum Gasteiger partial charge on any atom is -0.393 e. The SMILES string of the molecule is Cc1cc(Cl)ccc1Nc1ncnc(NN(c2ccccc2)c2ccccc2)c1N. The lowest BCUT2D eigenvalue weighted by Crippen LogP contribution is -2.26. The number of nitrogens with zero attached hydrogens (tertiary/aromatic N) is 3. The molecular weight excluding hydrogens is 396 g/mol. The average molecular weight is 417 g/mol. The monoisotopic (exact) mass is 416 g/mol. The first-order chi connectivity index (χ1) is 14.6. The maximum atomic E-state index is 6.41. The van der Waals surface area contributed by atoms with E-state index in [9.17, 15) is 0 Å². The van der Waals surface area contributed by atoms with E-state index in [4.69, 9.17) is 17.3 Å². The number of aryl methyl sites for hydroxylation is 1. The van der Waals surface area contributed by atoms with Crippen molar-refractivity contribution in [1.29, 1.82) is 0 Å². The van der Waals surface area contributed by atoms with Gasteiger partial charge in [-0.05, 0) is 55.0 Å². The smallest absolute Gasteiger partial charge is 0.173 e. The molecule has 0 saturated heterocycles. The van der Waals surface area contributed by atoms with Crippen LogP contribution in [0.3, 0.4) is 0 Å². The van der Waals surface area contributed by atoms with Crippen LogP contribution in [0.25, 0.3) is 0 Å². The number of hydrogen-bond donors (Lipinski definition) is 3. The highest BCUT2D eigenvalue weighted by Crippen LogP contribution is 2.31. The summed E-state index contributed by atoms with van der Waals surface area (Å²) in [6, 6.07) is 25.5. The molecule has 0 saturated carbocycles. The molecule has 0 spiro atoms. The highest BCUT2D eigenvalue weighted by atomic mass is 35.5. The van der Waals surface area contributed by atoms with Gasteiger partial charge >= 0.3 is 0 Å². The zero-order valence-corrected chi connectivity index (χ0v) is 17.1. The lowest BCUT2D eigenvalue weighted by Gasteiger charge is -2.27. The fraction of sp³-hybridized carbons (Fsp3) is 0.0435. The molecule has 0 aliphatic rings. The number of hydrazine groups is 1. The summed E-state index contributed by atoms with van der Waals surface area (Å²) in [5.41, 5.74) is 13.9. The van der Waals surface area contributed by atoms with Gasteiger partial charge in [0.15, 0.2) is 11.6 Å². The first-order valence-electron chi connectivity index (χ1n) is 9.42. The van der Waals surface area contributed by atoms with Gasteiger partial charge in [0, 0.05) is 10.7 Å². The van der Waals surface area contributed by atoms with E-state index < -0.39 is 0 Å². The molecule has 1 aromatic heterocycles. The molecule has 7 heteroatoms. The number of nitrogens with one attached hydrogen (secondary N) is 2. The quantitative estimate of drug-likeness (QED) is 0.338. The Balaban J connectivity index is 1.67. The molecule has 0 bridgehead atoms. The van der Waals surface area contributed by atoms with Gasteiger partial charge in [-0.15, -0.1) is 0 Å². The van der Waals surface area contributed by atoms with Crippen LogP contribution in [0.15, 0.2) is 85.2 Å². The summed E-state index contributed by atoms with van der Waals surface area (Å²) >= 11 is 6.06. The third kappa shape index (κ3) is 4.29. The van der Waals surface area contributed by atoms with Crippen LogP contribution in [0.1, 0.15) is 5.56 Å². The van der Waals surface area contributed by atoms with E-state index in [0.717, 1.165) is 22.6 Å². The Kier molecular flexibility index (Phi) is 5.68. The summed E-state index contributed by atoms with van der Waals surface area (Å²) in [5, 5.41) is 5.87. The number of aromatic nitrogens is 2. The summed E-state index contributed by atoms with van der Waals surface area (Å²) in [7, 11) is 0. The summed E-state index contributed by atoms with van der Waals surface area (Å²) < 4.78 is 0. The van der Waals surface area contributed by atoms with E-state index in [0.29, 0.717) is 22.3 Å². The molecule has 1 heterocycles. The molecule has 6 nitrogen and oxygen atoms in total.